The molecule has 12 heteroatoms. The Morgan fingerprint density at radius 3 is 2.41 bits per heavy atom. The molecule has 6 aromatic rings. The molecule has 3 aromatic heterocycles. The van der Waals surface area contributed by atoms with Gasteiger partial charge >= 0.3 is 0 Å². The zero-order valence-corrected chi connectivity index (χ0v) is 23.3. The van der Waals surface area contributed by atoms with E-state index in [1.165, 1.54) is 26.2 Å². The van der Waals surface area contributed by atoms with Crippen molar-refractivity contribution >= 4 is 43.5 Å². The fourth-order valence-corrected chi connectivity index (χ4v) is 5.18. The van der Waals surface area contributed by atoms with Crippen molar-refractivity contribution in [3.05, 3.63) is 77.6 Å². The van der Waals surface area contributed by atoms with Crippen molar-refractivity contribution in [1.29, 1.82) is 0 Å². The number of benzene rings is 3. The maximum Gasteiger partial charge on any atom is 0.264 e. The number of aromatic amines is 1. The first-order valence-electron chi connectivity index (χ1n) is 12.5. The van der Waals surface area contributed by atoms with Gasteiger partial charge in [-0.3, -0.25) is 9.10 Å². The minimum Gasteiger partial charge on any atom is -0.455 e. The predicted octanol–water partition coefficient (Wildman–Crippen LogP) is 5.50. The summed E-state index contributed by atoms with van der Waals surface area (Å²) in [6, 6.07) is 16.8. The van der Waals surface area contributed by atoms with Crippen molar-refractivity contribution in [1.82, 2.24) is 20.5 Å². The molecule has 0 radical (unpaired) electrons. The highest BCUT2D eigenvalue weighted by Gasteiger charge is 2.28. The second kappa shape index (κ2) is 9.59. The molecular formula is C29H24FN5O5S. The Labute approximate surface area is 233 Å². The molecule has 0 saturated carbocycles. The van der Waals surface area contributed by atoms with Crippen LogP contribution in [0.3, 0.4) is 0 Å². The van der Waals surface area contributed by atoms with Gasteiger partial charge in [-0.15, -0.1) is 10.2 Å². The zero-order valence-electron chi connectivity index (χ0n) is 22.4. The smallest absolute Gasteiger partial charge is 0.264 e. The number of carbonyl (C=O) groups is 1. The average Bonchev–Trinajstić information content (AvgIpc) is 3.68. The van der Waals surface area contributed by atoms with Gasteiger partial charge in [0.15, 0.2) is 0 Å². The number of fused-ring (bicyclic) bond motifs is 2. The molecule has 2 N–H and O–H groups in total. The van der Waals surface area contributed by atoms with E-state index < -0.39 is 15.8 Å². The topological polar surface area (TPSA) is 134 Å². The molecule has 0 spiro atoms. The number of hydrogen-bond donors (Lipinski definition) is 2. The summed E-state index contributed by atoms with van der Waals surface area (Å²) in [6.45, 7) is 1.95. The van der Waals surface area contributed by atoms with Gasteiger partial charge in [-0.1, -0.05) is 35.9 Å². The molecule has 0 atom stereocenters. The maximum absolute atomic E-state index is 14.3. The molecule has 0 aliphatic rings. The van der Waals surface area contributed by atoms with Crippen LogP contribution in [-0.4, -0.2) is 49.9 Å². The number of carbonyl (C=O) groups excluding carboxylic acids is 1. The van der Waals surface area contributed by atoms with Gasteiger partial charge in [-0.05, 0) is 31.2 Å². The average molecular weight is 574 g/mol. The van der Waals surface area contributed by atoms with Crippen molar-refractivity contribution in [2.24, 2.45) is 0 Å². The lowest BCUT2D eigenvalue weighted by molar-refractivity contribution is 0.0964. The molecule has 0 aliphatic heterocycles. The molecule has 10 nitrogen and oxygen atoms in total. The summed E-state index contributed by atoms with van der Waals surface area (Å²) >= 11 is 0. The third-order valence-electron chi connectivity index (χ3n) is 6.91. The molecule has 1 amide bonds. The molecule has 0 saturated heterocycles. The number of anilines is 1. The van der Waals surface area contributed by atoms with E-state index >= 15 is 0 Å². The van der Waals surface area contributed by atoms with Gasteiger partial charge < -0.3 is 19.1 Å². The van der Waals surface area contributed by atoms with Crippen LogP contribution in [0, 0.1) is 12.7 Å². The lowest BCUT2D eigenvalue weighted by Gasteiger charge is -2.19. The molecule has 0 unspecified atom stereocenters. The molecule has 3 heterocycles. The zero-order chi connectivity index (χ0) is 29.1. The van der Waals surface area contributed by atoms with Gasteiger partial charge in [0.05, 0.1) is 23.1 Å². The van der Waals surface area contributed by atoms with Gasteiger partial charge in [-0.2, -0.15) is 0 Å². The standard InChI is InChI=1S/C29H24FN5O5S/c1-15-8-10-16(11-9-15)26-25(27(36)31-2)19-12-18(23(14-24(19)39-26)35(3)41(4,37)38)28-33-34-29(40-28)22-13-17-20(30)6-5-7-21(17)32-22/h5-14,32H,1-4H3,(H,31,36). The summed E-state index contributed by atoms with van der Waals surface area (Å²) in [5, 5.41) is 11.7. The number of H-pyrrole nitrogens is 1. The second-order valence-corrected chi connectivity index (χ2v) is 11.7. The number of nitrogens with zero attached hydrogens (tertiary/aromatic N) is 3. The summed E-state index contributed by atoms with van der Waals surface area (Å²) < 4.78 is 52.7. The predicted molar refractivity (Wildman–Crippen MR) is 154 cm³/mol. The summed E-state index contributed by atoms with van der Waals surface area (Å²) in [7, 11) is -0.825. The fourth-order valence-electron chi connectivity index (χ4n) is 4.68. The molecule has 0 aliphatic carbocycles. The Bertz CT molecular complexity index is 2080. The van der Waals surface area contributed by atoms with E-state index in [4.69, 9.17) is 8.83 Å². The SMILES string of the molecule is CNC(=O)c1c(-c2ccc(C)cc2)oc2cc(N(C)S(C)(=O)=O)c(-c3nnc(-c4cc5c(F)cccc5[nH]4)o3)cc12. The van der Waals surface area contributed by atoms with E-state index in [-0.39, 0.29) is 34.5 Å². The number of aromatic nitrogens is 3. The van der Waals surface area contributed by atoms with Crippen molar-refractivity contribution in [3.63, 3.8) is 0 Å². The van der Waals surface area contributed by atoms with E-state index in [1.807, 2.05) is 31.2 Å². The highest BCUT2D eigenvalue weighted by atomic mass is 32.2. The molecule has 3 aromatic carbocycles. The summed E-state index contributed by atoms with van der Waals surface area (Å²) in [5.74, 6) is -0.398. The van der Waals surface area contributed by atoms with Gasteiger partial charge in [0.25, 0.3) is 11.8 Å². The fraction of sp³-hybridized carbons (Fsp3) is 0.138. The third-order valence-corrected chi connectivity index (χ3v) is 8.10. The maximum atomic E-state index is 14.3. The second-order valence-electron chi connectivity index (χ2n) is 9.64. The molecule has 208 valence electrons. The largest absolute Gasteiger partial charge is 0.455 e. The Morgan fingerprint density at radius 2 is 1.73 bits per heavy atom. The molecule has 6 rings (SSSR count). The Morgan fingerprint density at radius 1 is 1.00 bits per heavy atom. The number of halogens is 1. The van der Waals surface area contributed by atoms with Crippen LogP contribution < -0.4 is 9.62 Å². The van der Waals surface area contributed by atoms with E-state index in [0.29, 0.717) is 38.9 Å². The molecular weight excluding hydrogens is 549 g/mol. The lowest BCUT2D eigenvalue weighted by atomic mass is 10.0. The normalized spacial score (nSPS) is 11.8. The summed E-state index contributed by atoms with van der Waals surface area (Å²) in [6.07, 6.45) is 1.06. The quantitative estimate of drug-likeness (QED) is 0.269. The van der Waals surface area contributed by atoms with Crippen molar-refractivity contribution in [2.75, 3.05) is 24.7 Å². The van der Waals surface area contributed by atoms with E-state index in [9.17, 15) is 17.6 Å². The van der Waals surface area contributed by atoms with Crippen LogP contribution in [0.15, 0.2) is 69.5 Å². The van der Waals surface area contributed by atoms with Crippen molar-refractivity contribution in [3.8, 4) is 34.4 Å². The Kier molecular flexibility index (Phi) is 6.14. The van der Waals surface area contributed by atoms with E-state index in [0.717, 1.165) is 16.1 Å². The first-order chi connectivity index (χ1) is 19.5. The number of furan rings is 1. The highest BCUT2D eigenvalue weighted by Crippen LogP contribution is 2.41. The van der Waals surface area contributed by atoms with E-state index in [2.05, 4.69) is 20.5 Å². The van der Waals surface area contributed by atoms with Gasteiger partial charge in [0, 0.05) is 42.0 Å². The lowest BCUT2D eigenvalue weighted by Crippen LogP contribution is -2.25. The van der Waals surface area contributed by atoms with Crippen LogP contribution >= 0.6 is 0 Å². The number of rotatable bonds is 6. The minimum absolute atomic E-state index is 0.00697. The van der Waals surface area contributed by atoms with Crippen LogP contribution in [0.5, 0.6) is 0 Å². The third kappa shape index (κ3) is 4.51. The Hall–Kier alpha value is -4.97. The molecule has 41 heavy (non-hydrogen) atoms. The number of aryl methyl sites for hydroxylation is 1. The van der Waals surface area contributed by atoms with Crippen LogP contribution in [0.4, 0.5) is 10.1 Å². The summed E-state index contributed by atoms with van der Waals surface area (Å²) in [5.41, 5.74) is 3.67. The van der Waals surface area contributed by atoms with Crippen LogP contribution in [0.25, 0.3) is 56.2 Å². The number of sulfonamides is 1. The summed E-state index contributed by atoms with van der Waals surface area (Å²) in [4.78, 5) is 16.2. The van der Waals surface area contributed by atoms with Crippen LogP contribution in [0.1, 0.15) is 15.9 Å². The van der Waals surface area contributed by atoms with Crippen LogP contribution in [0.2, 0.25) is 0 Å². The van der Waals surface area contributed by atoms with Gasteiger partial charge in [0.1, 0.15) is 22.9 Å². The molecule has 0 fully saturated rings. The monoisotopic (exact) mass is 573 g/mol. The number of amides is 1. The van der Waals surface area contributed by atoms with Crippen molar-refractivity contribution < 1.29 is 26.4 Å². The highest BCUT2D eigenvalue weighted by molar-refractivity contribution is 7.92. The molecule has 0 bridgehead atoms. The first kappa shape index (κ1) is 26.3. The van der Waals surface area contributed by atoms with Gasteiger partial charge in [-0.25, -0.2) is 12.8 Å². The van der Waals surface area contributed by atoms with Crippen LogP contribution in [-0.2, 0) is 10.0 Å². The Balaban J connectivity index is 1.58. The number of hydrogen-bond acceptors (Lipinski definition) is 7. The number of nitrogens with one attached hydrogen (secondary N) is 2. The van der Waals surface area contributed by atoms with E-state index in [1.54, 1.807) is 24.3 Å². The first-order valence-corrected chi connectivity index (χ1v) is 14.3. The minimum atomic E-state index is -3.73. The van der Waals surface area contributed by atoms with Crippen molar-refractivity contribution in [2.45, 2.75) is 6.92 Å². The van der Waals surface area contributed by atoms with Gasteiger partial charge in [0.2, 0.25) is 15.9 Å².